The largest absolute Gasteiger partial charge is 0.477 e. The highest BCUT2D eigenvalue weighted by Crippen LogP contribution is 2.16. The van der Waals surface area contributed by atoms with Crippen LogP contribution in [0.3, 0.4) is 0 Å². The van der Waals surface area contributed by atoms with Crippen LogP contribution in [0.5, 0.6) is 0 Å². The van der Waals surface area contributed by atoms with Gasteiger partial charge in [0.15, 0.2) is 0 Å². The first kappa shape index (κ1) is 7.72. The van der Waals surface area contributed by atoms with Crippen molar-refractivity contribution in [1.82, 2.24) is 9.97 Å². The Hall–Kier alpha value is -1.91. The number of hydrogen-bond donors (Lipinski definition) is 2. The zero-order valence-electron chi connectivity index (χ0n) is 6.41. The molecule has 2 N–H and O–H groups in total. The van der Waals surface area contributed by atoms with Crippen LogP contribution in [0, 0.1) is 5.95 Å². The number of rotatable bonds is 1. The van der Waals surface area contributed by atoms with Gasteiger partial charge in [-0.2, -0.15) is 4.39 Å². The van der Waals surface area contributed by atoms with Crippen LogP contribution in [0.2, 0.25) is 0 Å². The van der Waals surface area contributed by atoms with Gasteiger partial charge in [0.25, 0.3) is 0 Å². The zero-order valence-corrected chi connectivity index (χ0v) is 6.41. The second-order valence-electron chi connectivity index (χ2n) is 2.55. The summed E-state index contributed by atoms with van der Waals surface area (Å²) in [5.41, 5.74) is 0.395. The number of carboxylic acids is 1. The molecule has 0 aliphatic heterocycles. The monoisotopic (exact) mass is 180 g/mol. The van der Waals surface area contributed by atoms with Gasteiger partial charge in [0.05, 0.1) is 10.9 Å². The Morgan fingerprint density at radius 1 is 1.62 bits per heavy atom. The van der Waals surface area contributed by atoms with E-state index in [1.54, 1.807) is 0 Å². The molecule has 0 aromatic carbocycles. The lowest BCUT2D eigenvalue weighted by Gasteiger charge is -1.87. The van der Waals surface area contributed by atoms with Gasteiger partial charge in [0.2, 0.25) is 5.95 Å². The number of H-pyrrole nitrogens is 1. The van der Waals surface area contributed by atoms with E-state index in [0.717, 1.165) is 0 Å². The predicted octanol–water partition coefficient (Wildman–Crippen LogP) is 1.40. The normalized spacial score (nSPS) is 10.5. The van der Waals surface area contributed by atoms with Crippen molar-refractivity contribution >= 4 is 16.9 Å². The summed E-state index contributed by atoms with van der Waals surface area (Å²) >= 11 is 0. The van der Waals surface area contributed by atoms with Gasteiger partial charge in [0, 0.05) is 6.20 Å². The summed E-state index contributed by atoms with van der Waals surface area (Å²) in [5.74, 6) is -1.78. The van der Waals surface area contributed by atoms with Gasteiger partial charge < -0.3 is 10.1 Å². The van der Waals surface area contributed by atoms with Crippen molar-refractivity contribution in [3.63, 3.8) is 0 Å². The molecule has 13 heavy (non-hydrogen) atoms. The third-order valence-corrected chi connectivity index (χ3v) is 1.73. The first-order valence-electron chi connectivity index (χ1n) is 3.55. The molecule has 0 aliphatic rings. The first-order chi connectivity index (χ1) is 6.18. The molecule has 0 amide bonds. The molecule has 0 unspecified atom stereocenters. The fourth-order valence-electron chi connectivity index (χ4n) is 1.13. The van der Waals surface area contributed by atoms with Crippen molar-refractivity contribution in [2.45, 2.75) is 0 Å². The van der Waals surface area contributed by atoms with Gasteiger partial charge in [0.1, 0.15) is 5.69 Å². The Morgan fingerprint density at radius 2 is 2.38 bits per heavy atom. The standard InChI is InChI=1S/C8H5FN2O2/c9-7-4-3-6(8(12)13)11-5(4)1-2-10-7/h1-3,11H,(H,12,13). The summed E-state index contributed by atoms with van der Waals surface area (Å²) in [4.78, 5) is 16.5. The lowest BCUT2D eigenvalue weighted by molar-refractivity contribution is 0.0691. The van der Waals surface area contributed by atoms with Gasteiger partial charge in [-0.05, 0) is 12.1 Å². The highest BCUT2D eigenvalue weighted by atomic mass is 19.1. The van der Waals surface area contributed by atoms with Crippen LogP contribution in [-0.4, -0.2) is 21.0 Å². The lowest BCUT2D eigenvalue weighted by atomic mass is 10.3. The molecular weight excluding hydrogens is 175 g/mol. The summed E-state index contributed by atoms with van der Waals surface area (Å²) < 4.78 is 12.9. The summed E-state index contributed by atoms with van der Waals surface area (Å²) in [7, 11) is 0. The van der Waals surface area contributed by atoms with E-state index >= 15 is 0 Å². The molecule has 66 valence electrons. The maximum absolute atomic E-state index is 12.9. The van der Waals surface area contributed by atoms with Crippen molar-refractivity contribution < 1.29 is 14.3 Å². The van der Waals surface area contributed by atoms with Crippen LogP contribution in [-0.2, 0) is 0 Å². The van der Waals surface area contributed by atoms with E-state index in [4.69, 9.17) is 5.11 Å². The number of halogens is 1. The van der Waals surface area contributed by atoms with E-state index in [1.807, 2.05) is 0 Å². The van der Waals surface area contributed by atoms with Crippen molar-refractivity contribution in [1.29, 1.82) is 0 Å². The number of hydrogen-bond acceptors (Lipinski definition) is 2. The number of nitrogens with one attached hydrogen (secondary N) is 1. The molecule has 0 spiro atoms. The van der Waals surface area contributed by atoms with E-state index in [-0.39, 0.29) is 11.1 Å². The Bertz CT molecular complexity index is 478. The van der Waals surface area contributed by atoms with Crippen LogP contribution in [0.15, 0.2) is 18.3 Å². The van der Waals surface area contributed by atoms with Crippen molar-refractivity contribution in [2.75, 3.05) is 0 Å². The molecular formula is C8H5FN2O2. The summed E-state index contributed by atoms with van der Waals surface area (Å²) in [6.07, 6.45) is 1.28. The number of nitrogens with zero attached hydrogens (tertiary/aromatic N) is 1. The SMILES string of the molecule is O=C(O)c1cc2c(F)nccc2[nH]1. The Labute approximate surface area is 72.0 Å². The molecule has 0 saturated heterocycles. The van der Waals surface area contributed by atoms with Crippen LogP contribution in [0.1, 0.15) is 10.5 Å². The third-order valence-electron chi connectivity index (χ3n) is 1.73. The summed E-state index contributed by atoms with van der Waals surface area (Å²) in [5, 5.41) is 8.80. The molecule has 2 rings (SSSR count). The predicted molar refractivity (Wildman–Crippen MR) is 43.0 cm³/mol. The molecule has 2 heterocycles. The number of aromatic carboxylic acids is 1. The number of carboxylic acid groups (broad SMARTS) is 1. The van der Waals surface area contributed by atoms with Crippen LogP contribution < -0.4 is 0 Å². The average Bonchev–Trinajstić information content (AvgIpc) is 2.49. The summed E-state index contributed by atoms with van der Waals surface area (Å²) in [6.45, 7) is 0. The number of carbonyl (C=O) groups is 1. The Balaban J connectivity index is 2.75. The lowest BCUT2D eigenvalue weighted by Crippen LogP contribution is -1.94. The Kier molecular flexibility index (Phi) is 1.51. The molecule has 0 radical (unpaired) electrons. The molecule has 2 aromatic heterocycles. The molecule has 0 bridgehead atoms. The molecule has 5 heteroatoms. The molecule has 2 aromatic rings. The van der Waals surface area contributed by atoms with E-state index in [9.17, 15) is 9.18 Å². The minimum atomic E-state index is -1.12. The topological polar surface area (TPSA) is 66.0 Å². The average molecular weight is 180 g/mol. The molecule has 0 atom stereocenters. The molecule has 0 saturated carbocycles. The van der Waals surface area contributed by atoms with Gasteiger partial charge in [-0.25, -0.2) is 9.78 Å². The highest BCUT2D eigenvalue weighted by Gasteiger charge is 2.09. The fourth-order valence-corrected chi connectivity index (χ4v) is 1.13. The molecule has 0 aliphatic carbocycles. The van der Waals surface area contributed by atoms with Gasteiger partial charge in [-0.15, -0.1) is 0 Å². The van der Waals surface area contributed by atoms with E-state index < -0.39 is 11.9 Å². The van der Waals surface area contributed by atoms with E-state index in [1.165, 1.54) is 18.3 Å². The minimum Gasteiger partial charge on any atom is -0.477 e. The van der Waals surface area contributed by atoms with E-state index in [0.29, 0.717) is 5.52 Å². The fraction of sp³-hybridized carbons (Fsp3) is 0. The maximum atomic E-state index is 12.9. The van der Waals surface area contributed by atoms with Crippen LogP contribution >= 0.6 is 0 Å². The maximum Gasteiger partial charge on any atom is 0.352 e. The first-order valence-corrected chi connectivity index (χ1v) is 3.55. The van der Waals surface area contributed by atoms with Crippen molar-refractivity contribution in [3.8, 4) is 0 Å². The Morgan fingerprint density at radius 3 is 3.00 bits per heavy atom. The molecule has 0 fully saturated rings. The smallest absolute Gasteiger partial charge is 0.352 e. The van der Waals surface area contributed by atoms with Crippen LogP contribution in [0.4, 0.5) is 4.39 Å². The number of aromatic amines is 1. The van der Waals surface area contributed by atoms with Crippen molar-refractivity contribution in [2.24, 2.45) is 0 Å². The second-order valence-corrected chi connectivity index (χ2v) is 2.55. The van der Waals surface area contributed by atoms with Gasteiger partial charge in [-0.1, -0.05) is 0 Å². The quantitative estimate of drug-likeness (QED) is 0.652. The van der Waals surface area contributed by atoms with Gasteiger partial charge >= 0.3 is 5.97 Å². The summed E-state index contributed by atoms with van der Waals surface area (Å²) in [6, 6.07) is 2.74. The molecule has 4 nitrogen and oxygen atoms in total. The van der Waals surface area contributed by atoms with E-state index in [2.05, 4.69) is 9.97 Å². The van der Waals surface area contributed by atoms with Crippen LogP contribution in [0.25, 0.3) is 10.9 Å². The number of pyridine rings is 1. The highest BCUT2D eigenvalue weighted by molar-refractivity contribution is 5.93. The number of aromatic nitrogens is 2. The minimum absolute atomic E-state index is 0.0399. The van der Waals surface area contributed by atoms with Gasteiger partial charge in [-0.3, -0.25) is 0 Å². The zero-order chi connectivity index (χ0) is 9.42. The second kappa shape index (κ2) is 2.55. The number of fused-ring (bicyclic) bond motifs is 1. The van der Waals surface area contributed by atoms with Crippen molar-refractivity contribution in [3.05, 3.63) is 30.0 Å². The third kappa shape index (κ3) is 1.14.